The molecule has 0 saturated heterocycles. The van der Waals surface area contributed by atoms with Crippen molar-refractivity contribution in [2.75, 3.05) is 10.6 Å². The highest BCUT2D eigenvalue weighted by Crippen LogP contribution is 2.26. The summed E-state index contributed by atoms with van der Waals surface area (Å²) < 4.78 is 0. The van der Waals surface area contributed by atoms with Crippen molar-refractivity contribution in [3.05, 3.63) is 39.3 Å². The van der Waals surface area contributed by atoms with Gasteiger partial charge in [-0.2, -0.15) is 0 Å². The number of aryl methyl sites for hydroxylation is 3. The summed E-state index contributed by atoms with van der Waals surface area (Å²) in [5.74, 6) is 0.106. The van der Waals surface area contributed by atoms with Gasteiger partial charge in [0.1, 0.15) is 0 Å². The quantitative estimate of drug-likeness (QED) is 0.911. The number of hydrogen-bond donors (Lipinski definition) is 2. The van der Waals surface area contributed by atoms with Crippen LogP contribution in [0.5, 0.6) is 0 Å². The molecule has 0 unspecified atom stereocenters. The van der Waals surface area contributed by atoms with Crippen LogP contribution in [0, 0.1) is 13.8 Å². The normalized spacial score (nSPS) is 13.8. The van der Waals surface area contributed by atoms with Crippen LogP contribution >= 0.6 is 11.3 Å². The first kappa shape index (κ1) is 13.1. The highest BCUT2D eigenvalue weighted by atomic mass is 32.1. The molecule has 1 aromatic heterocycles. The van der Waals surface area contributed by atoms with Crippen LogP contribution in [0.4, 0.5) is 11.4 Å². The fraction of sp³-hybridized carbons (Fsp3) is 0.333. The average Bonchev–Trinajstić information content (AvgIpc) is 2.74. The molecule has 5 heteroatoms. The van der Waals surface area contributed by atoms with Gasteiger partial charge in [-0.15, -0.1) is 11.3 Å². The third-order valence-corrected chi connectivity index (χ3v) is 4.53. The smallest absolute Gasteiger partial charge is 0.224 e. The Hall–Kier alpha value is -1.88. The van der Waals surface area contributed by atoms with Gasteiger partial charge >= 0.3 is 0 Å². The first-order valence-corrected chi connectivity index (χ1v) is 7.53. The number of carbonyl (C=O) groups excluding carboxylic acids is 1. The van der Waals surface area contributed by atoms with E-state index in [0.717, 1.165) is 35.0 Å². The van der Waals surface area contributed by atoms with Crippen molar-refractivity contribution in [3.8, 4) is 0 Å². The zero-order valence-electron chi connectivity index (χ0n) is 11.6. The van der Waals surface area contributed by atoms with Gasteiger partial charge in [-0.25, -0.2) is 4.98 Å². The van der Waals surface area contributed by atoms with Gasteiger partial charge in [0.05, 0.1) is 17.2 Å². The van der Waals surface area contributed by atoms with Gasteiger partial charge in [-0.1, -0.05) is 0 Å². The lowest BCUT2D eigenvalue weighted by Crippen LogP contribution is -2.18. The van der Waals surface area contributed by atoms with Gasteiger partial charge in [-0.3, -0.25) is 4.79 Å². The Morgan fingerprint density at radius 1 is 1.35 bits per heavy atom. The summed E-state index contributed by atoms with van der Waals surface area (Å²) in [5, 5.41) is 7.44. The monoisotopic (exact) mass is 287 g/mol. The van der Waals surface area contributed by atoms with E-state index in [2.05, 4.69) is 21.7 Å². The second-order valence-electron chi connectivity index (χ2n) is 5.02. The van der Waals surface area contributed by atoms with Crippen molar-refractivity contribution in [1.29, 1.82) is 0 Å². The summed E-state index contributed by atoms with van der Waals surface area (Å²) in [7, 11) is 0. The number of aromatic nitrogens is 1. The third-order valence-electron chi connectivity index (χ3n) is 3.45. The molecule has 2 heterocycles. The Bertz CT molecular complexity index is 663. The minimum absolute atomic E-state index is 0.106. The summed E-state index contributed by atoms with van der Waals surface area (Å²) in [5.41, 5.74) is 4.33. The SMILES string of the molecule is Cc1nc(C)c(CNc2ccc3c(c2)CCC(=O)N3)s1. The Balaban J connectivity index is 1.72. The van der Waals surface area contributed by atoms with Crippen LogP contribution in [0.25, 0.3) is 0 Å². The summed E-state index contributed by atoms with van der Waals surface area (Å²) in [4.78, 5) is 17.0. The summed E-state index contributed by atoms with van der Waals surface area (Å²) in [6.07, 6.45) is 1.39. The Labute approximate surface area is 122 Å². The van der Waals surface area contributed by atoms with Crippen molar-refractivity contribution < 1.29 is 4.79 Å². The predicted molar refractivity (Wildman–Crippen MR) is 82.3 cm³/mol. The molecule has 3 rings (SSSR count). The van der Waals surface area contributed by atoms with E-state index in [1.54, 1.807) is 11.3 Å². The number of anilines is 2. The highest BCUT2D eigenvalue weighted by molar-refractivity contribution is 7.11. The molecule has 0 saturated carbocycles. The Morgan fingerprint density at radius 2 is 2.20 bits per heavy atom. The van der Waals surface area contributed by atoms with E-state index in [9.17, 15) is 4.79 Å². The van der Waals surface area contributed by atoms with Crippen LogP contribution in [0.1, 0.15) is 27.6 Å². The molecular formula is C15H17N3OS. The second kappa shape index (κ2) is 5.25. The minimum atomic E-state index is 0.106. The highest BCUT2D eigenvalue weighted by Gasteiger charge is 2.14. The van der Waals surface area contributed by atoms with E-state index in [-0.39, 0.29) is 5.91 Å². The second-order valence-corrected chi connectivity index (χ2v) is 6.30. The molecular weight excluding hydrogens is 270 g/mol. The van der Waals surface area contributed by atoms with Crippen LogP contribution in [0.2, 0.25) is 0 Å². The first-order chi connectivity index (χ1) is 9.61. The van der Waals surface area contributed by atoms with Crippen LogP contribution in [0.3, 0.4) is 0 Å². The maximum Gasteiger partial charge on any atom is 0.224 e. The number of rotatable bonds is 3. The average molecular weight is 287 g/mol. The molecule has 20 heavy (non-hydrogen) atoms. The number of nitrogens with one attached hydrogen (secondary N) is 2. The standard InChI is InChI=1S/C15H17N3OS/c1-9-14(20-10(2)17-9)8-16-12-4-5-13-11(7-12)3-6-15(19)18-13/h4-5,7,16H,3,6,8H2,1-2H3,(H,18,19). The van der Waals surface area contributed by atoms with E-state index in [1.165, 1.54) is 10.4 Å². The molecule has 0 aliphatic carbocycles. The molecule has 1 aromatic carbocycles. The van der Waals surface area contributed by atoms with Crippen LogP contribution in [-0.2, 0) is 17.8 Å². The fourth-order valence-electron chi connectivity index (χ4n) is 2.41. The fourth-order valence-corrected chi connectivity index (χ4v) is 3.29. The lowest BCUT2D eigenvalue weighted by Gasteiger charge is -2.18. The first-order valence-electron chi connectivity index (χ1n) is 6.71. The van der Waals surface area contributed by atoms with Crippen molar-refractivity contribution >= 4 is 28.6 Å². The van der Waals surface area contributed by atoms with Crippen molar-refractivity contribution in [2.24, 2.45) is 0 Å². The Kier molecular flexibility index (Phi) is 3.44. The number of benzene rings is 1. The van der Waals surface area contributed by atoms with Crippen LogP contribution in [0.15, 0.2) is 18.2 Å². The molecule has 0 fully saturated rings. The molecule has 0 radical (unpaired) electrons. The third kappa shape index (κ3) is 2.67. The van der Waals surface area contributed by atoms with Gasteiger partial charge < -0.3 is 10.6 Å². The van der Waals surface area contributed by atoms with Crippen molar-refractivity contribution in [1.82, 2.24) is 4.98 Å². The zero-order valence-corrected chi connectivity index (χ0v) is 12.4. The molecule has 104 valence electrons. The molecule has 2 N–H and O–H groups in total. The molecule has 0 bridgehead atoms. The van der Waals surface area contributed by atoms with E-state index in [0.29, 0.717) is 6.42 Å². The van der Waals surface area contributed by atoms with Gasteiger partial charge in [0.25, 0.3) is 0 Å². The number of thiazole rings is 1. The number of amides is 1. The summed E-state index contributed by atoms with van der Waals surface area (Å²) >= 11 is 1.73. The van der Waals surface area contributed by atoms with Gasteiger partial charge in [-0.05, 0) is 44.0 Å². The lowest BCUT2D eigenvalue weighted by molar-refractivity contribution is -0.116. The number of hydrogen-bond acceptors (Lipinski definition) is 4. The van der Waals surface area contributed by atoms with Crippen molar-refractivity contribution in [2.45, 2.75) is 33.2 Å². The van der Waals surface area contributed by atoms with Crippen molar-refractivity contribution in [3.63, 3.8) is 0 Å². The molecule has 1 aliphatic heterocycles. The number of carbonyl (C=O) groups is 1. The Morgan fingerprint density at radius 3 is 2.95 bits per heavy atom. The summed E-state index contributed by atoms with van der Waals surface area (Å²) in [6.45, 7) is 4.87. The maximum atomic E-state index is 11.3. The molecule has 1 aliphatic rings. The van der Waals surface area contributed by atoms with E-state index >= 15 is 0 Å². The topological polar surface area (TPSA) is 54.0 Å². The van der Waals surface area contributed by atoms with E-state index in [1.807, 2.05) is 26.0 Å². The van der Waals surface area contributed by atoms with Gasteiger partial charge in [0.15, 0.2) is 0 Å². The van der Waals surface area contributed by atoms with E-state index < -0.39 is 0 Å². The zero-order chi connectivity index (χ0) is 14.1. The molecule has 0 atom stereocenters. The van der Waals surface area contributed by atoms with Gasteiger partial charge in [0.2, 0.25) is 5.91 Å². The lowest BCUT2D eigenvalue weighted by atomic mass is 10.0. The molecule has 2 aromatic rings. The number of nitrogens with zero attached hydrogens (tertiary/aromatic N) is 1. The summed E-state index contributed by atoms with van der Waals surface area (Å²) in [6, 6.07) is 6.10. The van der Waals surface area contributed by atoms with Gasteiger partial charge in [0, 0.05) is 22.7 Å². The number of fused-ring (bicyclic) bond motifs is 1. The maximum absolute atomic E-state index is 11.3. The minimum Gasteiger partial charge on any atom is -0.380 e. The molecule has 0 spiro atoms. The molecule has 4 nitrogen and oxygen atoms in total. The molecule has 1 amide bonds. The van der Waals surface area contributed by atoms with Crippen LogP contribution in [-0.4, -0.2) is 10.9 Å². The predicted octanol–water partition coefficient (Wildman–Crippen LogP) is 3.26. The van der Waals surface area contributed by atoms with Crippen LogP contribution < -0.4 is 10.6 Å². The largest absolute Gasteiger partial charge is 0.380 e. The van der Waals surface area contributed by atoms with E-state index in [4.69, 9.17) is 0 Å².